The van der Waals surface area contributed by atoms with E-state index in [2.05, 4.69) is 19.2 Å². The molecule has 21 heavy (non-hydrogen) atoms. The van der Waals surface area contributed by atoms with Gasteiger partial charge >= 0.3 is 5.97 Å². The number of aliphatic carboxylic acids is 1. The molecule has 1 saturated carbocycles. The van der Waals surface area contributed by atoms with Gasteiger partial charge in [0.05, 0.1) is 5.41 Å². The summed E-state index contributed by atoms with van der Waals surface area (Å²) in [5, 5.41) is 12.4. The molecule has 2 unspecified atom stereocenters. The van der Waals surface area contributed by atoms with E-state index >= 15 is 0 Å². The summed E-state index contributed by atoms with van der Waals surface area (Å²) in [5.74, 6) is -0.670. The fourth-order valence-corrected chi connectivity index (χ4v) is 2.65. The van der Waals surface area contributed by atoms with Crippen molar-refractivity contribution in [2.24, 2.45) is 11.3 Å². The number of benzene rings is 1. The van der Waals surface area contributed by atoms with Crippen molar-refractivity contribution >= 4 is 11.9 Å². The smallest absolute Gasteiger partial charge is 0.314 e. The number of carboxylic acids is 1. The van der Waals surface area contributed by atoms with Crippen molar-refractivity contribution in [3.63, 3.8) is 0 Å². The highest BCUT2D eigenvalue weighted by Gasteiger charge is 2.45. The Balaban J connectivity index is 2.00. The van der Waals surface area contributed by atoms with Gasteiger partial charge in [-0.1, -0.05) is 44.2 Å². The van der Waals surface area contributed by atoms with E-state index in [0.717, 1.165) is 6.42 Å². The van der Waals surface area contributed by atoms with E-state index in [0.29, 0.717) is 23.4 Å². The van der Waals surface area contributed by atoms with Gasteiger partial charge in [0.15, 0.2) is 0 Å². The number of rotatable bonds is 6. The summed E-state index contributed by atoms with van der Waals surface area (Å²) in [5.41, 5.74) is -0.229. The number of carbonyl (C=O) groups excluding carboxylic acids is 1. The molecule has 2 rings (SSSR count). The largest absolute Gasteiger partial charge is 0.481 e. The summed E-state index contributed by atoms with van der Waals surface area (Å²) in [6.07, 6.45) is 1.07. The van der Waals surface area contributed by atoms with Crippen LogP contribution in [0.4, 0.5) is 0 Å². The second-order valence-corrected chi connectivity index (χ2v) is 6.87. The van der Waals surface area contributed by atoms with Crippen LogP contribution in [0.1, 0.15) is 39.2 Å². The Morgan fingerprint density at radius 2 is 1.90 bits per heavy atom. The summed E-state index contributed by atoms with van der Waals surface area (Å²) in [4.78, 5) is 23.7. The summed E-state index contributed by atoms with van der Waals surface area (Å²) in [7, 11) is 0. The van der Waals surface area contributed by atoms with Crippen LogP contribution in [0.2, 0.25) is 0 Å². The molecule has 1 aliphatic rings. The highest BCUT2D eigenvalue weighted by Crippen LogP contribution is 2.51. The lowest BCUT2D eigenvalue weighted by Crippen LogP contribution is -2.39. The molecule has 2 N–H and O–H groups in total. The molecule has 0 saturated heterocycles. The van der Waals surface area contributed by atoms with Crippen LogP contribution in [-0.4, -0.2) is 23.5 Å². The van der Waals surface area contributed by atoms with Crippen LogP contribution >= 0.6 is 0 Å². The van der Waals surface area contributed by atoms with Gasteiger partial charge in [0.1, 0.15) is 0 Å². The van der Waals surface area contributed by atoms with Crippen molar-refractivity contribution in [1.82, 2.24) is 5.32 Å². The number of hydrogen-bond donors (Lipinski definition) is 2. The Bertz CT molecular complexity index is 538. The van der Waals surface area contributed by atoms with Gasteiger partial charge in [0.25, 0.3) is 0 Å². The maximum atomic E-state index is 12.1. The predicted molar refractivity (Wildman–Crippen MR) is 80.9 cm³/mol. The standard InChI is InChI=1S/C17H23NO3/c1-16(2)9-13(16)11-18-14(19)10-17(3,15(20)21)12-7-5-4-6-8-12/h4-8,13H,9-11H2,1-3H3,(H,18,19)(H,20,21). The molecule has 0 aromatic heterocycles. The van der Waals surface area contributed by atoms with E-state index in [1.807, 2.05) is 6.07 Å². The number of carboxylic acid groups (broad SMARTS) is 1. The minimum absolute atomic E-state index is 0.0422. The first-order valence-electron chi connectivity index (χ1n) is 7.31. The lowest BCUT2D eigenvalue weighted by atomic mass is 9.79. The van der Waals surface area contributed by atoms with E-state index < -0.39 is 11.4 Å². The monoisotopic (exact) mass is 289 g/mol. The third-order valence-electron chi connectivity index (χ3n) is 4.66. The minimum Gasteiger partial charge on any atom is -0.481 e. The molecule has 4 heteroatoms. The van der Waals surface area contributed by atoms with E-state index in [1.165, 1.54) is 0 Å². The first-order chi connectivity index (χ1) is 9.75. The lowest BCUT2D eigenvalue weighted by molar-refractivity contribution is -0.145. The zero-order chi connectivity index (χ0) is 15.7. The maximum Gasteiger partial charge on any atom is 0.314 e. The van der Waals surface area contributed by atoms with Crippen LogP contribution in [0.15, 0.2) is 30.3 Å². The minimum atomic E-state index is -1.19. The van der Waals surface area contributed by atoms with E-state index in [1.54, 1.807) is 31.2 Å². The first kappa shape index (κ1) is 15.5. The van der Waals surface area contributed by atoms with Gasteiger partial charge in [0.2, 0.25) is 5.91 Å². The Morgan fingerprint density at radius 3 is 2.38 bits per heavy atom. The summed E-state index contributed by atoms with van der Waals surface area (Å²) in [6.45, 7) is 6.59. The lowest BCUT2D eigenvalue weighted by Gasteiger charge is -2.24. The van der Waals surface area contributed by atoms with E-state index in [-0.39, 0.29) is 12.3 Å². The van der Waals surface area contributed by atoms with Crippen molar-refractivity contribution in [2.45, 2.75) is 39.0 Å². The Hall–Kier alpha value is -1.84. The highest BCUT2D eigenvalue weighted by molar-refractivity contribution is 5.89. The SMILES string of the molecule is CC(CC(=O)NCC1CC1(C)C)(C(=O)O)c1ccccc1. The van der Waals surface area contributed by atoms with Crippen LogP contribution in [0, 0.1) is 11.3 Å². The molecule has 2 atom stereocenters. The molecule has 0 aliphatic heterocycles. The van der Waals surface area contributed by atoms with Gasteiger partial charge < -0.3 is 10.4 Å². The second-order valence-electron chi connectivity index (χ2n) is 6.87. The van der Waals surface area contributed by atoms with Crippen LogP contribution < -0.4 is 5.32 Å². The number of amides is 1. The van der Waals surface area contributed by atoms with Crippen molar-refractivity contribution in [3.05, 3.63) is 35.9 Å². The molecular weight excluding hydrogens is 266 g/mol. The molecule has 0 bridgehead atoms. The Morgan fingerprint density at radius 1 is 1.33 bits per heavy atom. The summed E-state index contributed by atoms with van der Waals surface area (Å²) in [6, 6.07) is 8.93. The first-order valence-corrected chi connectivity index (χ1v) is 7.31. The molecule has 1 fully saturated rings. The number of carbonyl (C=O) groups is 2. The molecule has 4 nitrogen and oxygen atoms in total. The Labute approximate surface area is 125 Å². The van der Waals surface area contributed by atoms with E-state index in [4.69, 9.17) is 0 Å². The number of hydrogen-bond acceptors (Lipinski definition) is 2. The molecule has 0 radical (unpaired) electrons. The van der Waals surface area contributed by atoms with Gasteiger partial charge in [-0.2, -0.15) is 0 Å². The quantitative estimate of drug-likeness (QED) is 0.846. The summed E-state index contributed by atoms with van der Waals surface area (Å²) >= 11 is 0. The van der Waals surface area contributed by atoms with Gasteiger partial charge in [-0.3, -0.25) is 9.59 Å². The normalized spacial score (nSPS) is 22.1. The molecule has 1 aromatic rings. The third-order valence-corrected chi connectivity index (χ3v) is 4.66. The van der Waals surface area contributed by atoms with Crippen molar-refractivity contribution in [3.8, 4) is 0 Å². The van der Waals surface area contributed by atoms with Crippen molar-refractivity contribution in [2.75, 3.05) is 6.54 Å². The second kappa shape index (κ2) is 5.51. The molecule has 1 aliphatic carbocycles. The maximum absolute atomic E-state index is 12.1. The average molecular weight is 289 g/mol. The number of nitrogens with one attached hydrogen (secondary N) is 1. The van der Waals surface area contributed by atoms with E-state index in [9.17, 15) is 14.7 Å². The van der Waals surface area contributed by atoms with Crippen LogP contribution in [0.3, 0.4) is 0 Å². The highest BCUT2D eigenvalue weighted by atomic mass is 16.4. The molecule has 114 valence electrons. The van der Waals surface area contributed by atoms with Gasteiger partial charge in [-0.15, -0.1) is 0 Å². The van der Waals surface area contributed by atoms with Crippen LogP contribution in [0.5, 0.6) is 0 Å². The van der Waals surface area contributed by atoms with Gasteiger partial charge in [0, 0.05) is 13.0 Å². The van der Waals surface area contributed by atoms with Gasteiger partial charge in [-0.05, 0) is 30.2 Å². The molecule has 1 amide bonds. The van der Waals surface area contributed by atoms with Gasteiger partial charge in [-0.25, -0.2) is 0 Å². The average Bonchev–Trinajstić information content (AvgIpc) is 3.04. The zero-order valence-corrected chi connectivity index (χ0v) is 12.8. The third kappa shape index (κ3) is 3.43. The fraction of sp³-hybridized carbons (Fsp3) is 0.529. The summed E-state index contributed by atoms with van der Waals surface area (Å²) < 4.78 is 0. The Kier molecular flexibility index (Phi) is 4.08. The molecule has 1 aromatic carbocycles. The topological polar surface area (TPSA) is 66.4 Å². The molecule has 0 spiro atoms. The zero-order valence-electron chi connectivity index (χ0n) is 12.8. The van der Waals surface area contributed by atoms with Crippen molar-refractivity contribution in [1.29, 1.82) is 0 Å². The fourth-order valence-electron chi connectivity index (χ4n) is 2.65. The van der Waals surface area contributed by atoms with Crippen LogP contribution in [-0.2, 0) is 15.0 Å². The van der Waals surface area contributed by atoms with Crippen LogP contribution in [0.25, 0.3) is 0 Å². The molecular formula is C17H23NO3. The predicted octanol–water partition coefficient (Wildman–Crippen LogP) is 2.58. The van der Waals surface area contributed by atoms with Crippen molar-refractivity contribution < 1.29 is 14.7 Å². The molecule has 0 heterocycles.